The summed E-state index contributed by atoms with van der Waals surface area (Å²) < 4.78 is 0. The number of carbonyl (C=O) groups excluding carboxylic acids is 2. The van der Waals surface area contributed by atoms with Gasteiger partial charge in [-0.05, 0) is 54.4 Å². The van der Waals surface area contributed by atoms with Crippen LogP contribution in [-0.2, 0) is 0 Å². The summed E-state index contributed by atoms with van der Waals surface area (Å²) in [5.41, 5.74) is 1.43. The fourth-order valence-electron chi connectivity index (χ4n) is 4.78. The van der Waals surface area contributed by atoms with E-state index in [1.165, 1.54) is 0 Å². The van der Waals surface area contributed by atoms with E-state index in [-0.39, 0.29) is 22.6 Å². The lowest BCUT2D eigenvalue weighted by atomic mass is 9.76. The van der Waals surface area contributed by atoms with Crippen LogP contribution in [0.25, 0.3) is 0 Å². The van der Waals surface area contributed by atoms with E-state index < -0.39 is 0 Å². The lowest BCUT2D eigenvalue weighted by molar-refractivity contribution is 0.0561. The summed E-state index contributed by atoms with van der Waals surface area (Å²) in [6.07, 6.45) is 7.59. The molecule has 5 nitrogen and oxygen atoms in total. The number of hydrogen-bond donors (Lipinski definition) is 0. The fraction of sp³-hybridized carbons (Fsp3) is 0.720. The Morgan fingerprint density at radius 1 is 0.800 bits per heavy atom. The van der Waals surface area contributed by atoms with Crippen molar-refractivity contribution in [3.63, 3.8) is 0 Å². The number of aromatic nitrogens is 1. The van der Waals surface area contributed by atoms with E-state index in [1.54, 1.807) is 18.5 Å². The first-order valence-electron chi connectivity index (χ1n) is 11.5. The minimum absolute atomic E-state index is 0.00249. The SMILES string of the molecule is CC(C)(C)C1CCCN(C(=O)c2cncc(C(=O)N3CCCC(C(C)(C)C)C3)c2)C1. The number of likely N-dealkylation sites (tertiary alicyclic amines) is 2. The Hall–Kier alpha value is -1.91. The maximum Gasteiger partial charge on any atom is 0.255 e. The molecule has 1 aromatic rings. The third-order valence-electron chi connectivity index (χ3n) is 7.10. The number of amides is 2. The Bertz CT molecular complexity index is 714. The zero-order valence-electron chi connectivity index (χ0n) is 19.7. The van der Waals surface area contributed by atoms with Crippen molar-refractivity contribution in [3.8, 4) is 0 Å². The van der Waals surface area contributed by atoms with E-state index in [1.807, 2.05) is 9.80 Å². The van der Waals surface area contributed by atoms with Crippen LogP contribution in [0.3, 0.4) is 0 Å². The maximum atomic E-state index is 13.2. The highest BCUT2D eigenvalue weighted by atomic mass is 16.2. The van der Waals surface area contributed by atoms with Gasteiger partial charge in [0.15, 0.2) is 0 Å². The molecule has 0 bridgehead atoms. The van der Waals surface area contributed by atoms with E-state index in [4.69, 9.17) is 0 Å². The first-order valence-corrected chi connectivity index (χ1v) is 11.5. The molecule has 2 aliphatic heterocycles. The molecule has 1 aromatic heterocycles. The van der Waals surface area contributed by atoms with Crippen molar-refractivity contribution in [1.29, 1.82) is 0 Å². The van der Waals surface area contributed by atoms with E-state index in [0.29, 0.717) is 23.0 Å². The lowest BCUT2D eigenvalue weighted by Gasteiger charge is -2.40. The van der Waals surface area contributed by atoms with Crippen LogP contribution in [0.5, 0.6) is 0 Å². The van der Waals surface area contributed by atoms with Gasteiger partial charge < -0.3 is 9.80 Å². The number of pyridine rings is 1. The van der Waals surface area contributed by atoms with E-state index in [0.717, 1.165) is 51.9 Å². The minimum atomic E-state index is -0.00249. The summed E-state index contributed by atoms with van der Waals surface area (Å²) in [6, 6.07) is 1.75. The highest BCUT2D eigenvalue weighted by Crippen LogP contribution is 2.35. The molecule has 5 heteroatoms. The van der Waals surface area contributed by atoms with Gasteiger partial charge in [0, 0.05) is 38.6 Å². The van der Waals surface area contributed by atoms with Gasteiger partial charge in [0.25, 0.3) is 11.8 Å². The number of piperidine rings is 2. The quantitative estimate of drug-likeness (QED) is 0.694. The molecule has 0 radical (unpaired) electrons. The van der Waals surface area contributed by atoms with Crippen LogP contribution < -0.4 is 0 Å². The molecule has 3 heterocycles. The van der Waals surface area contributed by atoms with Crippen molar-refractivity contribution >= 4 is 11.8 Å². The third kappa shape index (κ3) is 5.22. The van der Waals surface area contributed by atoms with Crippen LogP contribution in [0.2, 0.25) is 0 Å². The highest BCUT2D eigenvalue weighted by Gasteiger charge is 2.33. The summed E-state index contributed by atoms with van der Waals surface area (Å²) in [6.45, 7) is 16.6. The van der Waals surface area contributed by atoms with E-state index in [9.17, 15) is 9.59 Å². The van der Waals surface area contributed by atoms with Crippen LogP contribution in [0.4, 0.5) is 0 Å². The van der Waals surface area contributed by atoms with Crippen molar-refractivity contribution < 1.29 is 9.59 Å². The fourth-order valence-corrected chi connectivity index (χ4v) is 4.78. The Morgan fingerprint density at radius 3 is 1.57 bits per heavy atom. The Kier molecular flexibility index (Phi) is 6.59. The second-order valence-corrected chi connectivity index (χ2v) is 11.4. The normalized spacial score (nSPS) is 23.4. The number of carbonyl (C=O) groups is 2. The van der Waals surface area contributed by atoms with Gasteiger partial charge >= 0.3 is 0 Å². The van der Waals surface area contributed by atoms with Crippen molar-refractivity contribution in [3.05, 3.63) is 29.6 Å². The summed E-state index contributed by atoms with van der Waals surface area (Å²) in [7, 11) is 0. The van der Waals surface area contributed by atoms with Crippen molar-refractivity contribution in [1.82, 2.24) is 14.8 Å². The summed E-state index contributed by atoms with van der Waals surface area (Å²) >= 11 is 0. The van der Waals surface area contributed by atoms with Crippen molar-refractivity contribution in [2.75, 3.05) is 26.2 Å². The van der Waals surface area contributed by atoms with Gasteiger partial charge in [0.05, 0.1) is 11.1 Å². The predicted molar refractivity (Wildman–Crippen MR) is 120 cm³/mol. The molecule has 2 fully saturated rings. The first kappa shape index (κ1) is 22.8. The zero-order chi connectivity index (χ0) is 22.1. The Labute approximate surface area is 182 Å². The van der Waals surface area contributed by atoms with Crippen LogP contribution in [0, 0.1) is 22.7 Å². The smallest absolute Gasteiger partial charge is 0.255 e. The Morgan fingerprint density at radius 2 is 1.20 bits per heavy atom. The molecule has 3 rings (SSSR count). The van der Waals surface area contributed by atoms with Crippen LogP contribution in [0.1, 0.15) is 87.9 Å². The summed E-state index contributed by atoms with van der Waals surface area (Å²) in [5.74, 6) is 0.987. The minimum Gasteiger partial charge on any atom is -0.338 e. The number of nitrogens with zero attached hydrogens (tertiary/aromatic N) is 3. The van der Waals surface area contributed by atoms with Gasteiger partial charge in [-0.15, -0.1) is 0 Å². The van der Waals surface area contributed by atoms with Gasteiger partial charge in [-0.25, -0.2) is 0 Å². The van der Waals surface area contributed by atoms with Gasteiger partial charge in [-0.2, -0.15) is 0 Å². The average molecular weight is 414 g/mol. The molecule has 166 valence electrons. The molecule has 0 aliphatic carbocycles. The summed E-state index contributed by atoms with van der Waals surface area (Å²) in [4.78, 5) is 34.5. The number of rotatable bonds is 2. The molecule has 2 saturated heterocycles. The van der Waals surface area contributed by atoms with Gasteiger partial charge in [0.2, 0.25) is 0 Å². The molecular formula is C25H39N3O2. The second kappa shape index (κ2) is 8.68. The van der Waals surface area contributed by atoms with Gasteiger partial charge in [-0.3, -0.25) is 14.6 Å². The molecule has 0 spiro atoms. The lowest BCUT2D eigenvalue weighted by Crippen LogP contribution is -2.44. The zero-order valence-corrected chi connectivity index (χ0v) is 19.7. The van der Waals surface area contributed by atoms with Crippen molar-refractivity contribution in [2.24, 2.45) is 22.7 Å². The van der Waals surface area contributed by atoms with Crippen LogP contribution in [0.15, 0.2) is 18.5 Å². The van der Waals surface area contributed by atoms with Gasteiger partial charge in [0.1, 0.15) is 0 Å². The van der Waals surface area contributed by atoms with Gasteiger partial charge in [-0.1, -0.05) is 41.5 Å². The topological polar surface area (TPSA) is 53.5 Å². The molecule has 30 heavy (non-hydrogen) atoms. The molecular weight excluding hydrogens is 374 g/mol. The summed E-state index contributed by atoms with van der Waals surface area (Å²) in [5, 5.41) is 0. The van der Waals surface area contributed by atoms with Crippen LogP contribution >= 0.6 is 0 Å². The molecule has 2 aliphatic rings. The number of hydrogen-bond acceptors (Lipinski definition) is 3. The molecule has 0 N–H and O–H groups in total. The largest absolute Gasteiger partial charge is 0.338 e. The predicted octanol–water partition coefficient (Wildman–Crippen LogP) is 4.88. The molecule has 0 aromatic carbocycles. The first-order chi connectivity index (χ1) is 14.0. The Balaban J connectivity index is 1.72. The molecule has 2 unspecified atom stereocenters. The maximum absolute atomic E-state index is 13.2. The van der Waals surface area contributed by atoms with E-state index in [2.05, 4.69) is 46.5 Å². The molecule has 2 atom stereocenters. The molecule has 0 saturated carbocycles. The van der Waals surface area contributed by atoms with Crippen molar-refractivity contribution in [2.45, 2.75) is 67.2 Å². The van der Waals surface area contributed by atoms with E-state index >= 15 is 0 Å². The average Bonchev–Trinajstić information content (AvgIpc) is 2.71. The molecule has 2 amide bonds. The monoisotopic (exact) mass is 413 g/mol. The standard InChI is InChI=1S/C25H39N3O2/c1-24(2,3)20-9-7-11-27(16-20)22(29)18-13-19(15-26-14-18)23(30)28-12-8-10-21(17-28)25(4,5)6/h13-15,20-21H,7-12,16-17H2,1-6H3. The third-order valence-corrected chi connectivity index (χ3v) is 7.10. The second-order valence-electron chi connectivity index (χ2n) is 11.4. The van der Waals surface area contributed by atoms with Crippen LogP contribution in [-0.4, -0.2) is 52.8 Å². The highest BCUT2D eigenvalue weighted by molar-refractivity contribution is 5.99.